The molecule has 2 aromatic carbocycles. The molecule has 50 heavy (non-hydrogen) atoms. The number of piperidine rings is 1. The van der Waals surface area contributed by atoms with Crippen molar-refractivity contribution < 1.29 is 32.6 Å². The van der Waals surface area contributed by atoms with Crippen molar-refractivity contribution in [2.24, 2.45) is 0 Å². The molecule has 4 rings (SSSR count). The van der Waals surface area contributed by atoms with Gasteiger partial charge in [-0.1, -0.05) is 126 Å². The smallest absolute Gasteiger partial charge is 0.396 e. The van der Waals surface area contributed by atoms with E-state index >= 15 is 0 Å². The predicted octanol–water partition coefficient (Wildman–Crippen LogP) is 10.3. The molecule has 1 unspecified atom stereocenters. The number of carbonyl (C=O) groups excluding carboxylic acids is 1. The summed E-state index contributed by atoms with van der Waals surface area (Å²) >= 11 is 0. The Morgan fingerprint density at radius 1 is 0.780 bits per heavy atom. The summed E-state index contributed by atoms with van der Waals surface area (Å²) < 4.78 is 40.1. The molecule has 10 heteroatoms. The van der Waals surface area contributed by atoms with Gasteiger partial charge >= 0.3 is 6.09 Å². The molecule has 2 heterocycles. The Bertz CT molecular complexity index is 1310. The first-order valence-electron chi connectivity index (χ1n) is 18.8. The number of ether oxygens (including phenoxy) is 4. The fourth-order valence-corrected chi connectivity index (χ4v) is 19.9. The number of carbonyl (C=O) groups is 1. The van der Waals surface area contributed by atoms with Crippen LogP contribution in [-0.2, 0) is 29.7 Å². The molecule has 0 aliphatic carbocycles. The zero-order chi connectivity index (χ0) is 37.0. The molecule has 0 radical (unpaired) electrons. The standard InChI is InChI=1S/C40H65NO7Si2/c1-26(2)49(27(3)4,28(5)6)47-36-23-41(40(42)48-50(29(7)8,30(9)10)31(11)12)35-25-45-39(33-19-21-34(43-13)22-20-33)46-37(35)38(36)44-24-32-17-15-14-16-18-32/h14-22,26-31,35-39H,23-25H2,1-13H3/t35-,36+,37-,38-,39?/m1/s1. The maximum absolute atomic E-state index is 14.7. The van der Waals surface area contributed by atoms with Crippen LogP contribution in [0.15, 0.2) is 54.6 Å². The lowest BCUT2D eigenvalue weighted by atomic mass is 9.93. The van der Waals surface area contributed by atoms with Crippen molar-refractivity contribution in [3.05, 3.63) is 65.7 Å². The minimum atomic E-state index is -2.55. The zero-order valence-corrected chi connectivity index (χ0v) is 35.0. The molecule has 2 aromatic rings. The van der Waals surface area contributed by atoms with E-state index in [1.165, 1.54) is 0 Å². The molecule has 0 N–H and O–H groups in total. The predicted molar refractivity (Wildman–Crippen MR) is 206 cm³/mol. The number of fused-ring (bicyclic) bond motifs is 1. The van der Waals surface area contributed by atoms with Crippen LogP contribution in [0.2, 0.25) is 33.2 Å². The van der Waals surface area contributed by atoms with Crippen LogP contribution in [0.5, 0.6) is 5.75 Å². The van der Waals surface area contributed by atoms with Crippen molar-refractivity contribution in [1.82, 2.24) is 4.90 Å². The molecule has 280 valence electrons. The van der Waals surface area contributed by atoms with E-state index in [0.29, 0.717) is 29.8 Å². The summed E-state index contributed by atoms with van der Waals surface area (Å²) in [6.45, 7) is 28.0. The van der Waals surface area contributed by atoms with E-state index in [2.05, 4.69) is 95.2 Å². The summed E-state index contributed by atoms with van der Waals surface area (Å²) in [6.07, 6.45) is -2.32. The Labute approximate surface area is 304 Å². The highest BCUT2D eigenvalue weighted by atomic mass is 28.4. The van der Waals surface area contributed by atoms with Crippen LogP contribution in [0.1, 0.15) is 101 Å². The molecular weight excluding hydrogens is 663 g/mol. The van der Waals surface area contributed by atoms with E-state index in [-0.39, 0.29) is 29.3 Å². The van der Waals surface area contributed by atoms with Gasteiger partial charge in [0.25, 0.3) is 8.32 Å². The quantitative estimate of drug-likeness (QED) is 0.179. The van der Waals surface area contributed by atoms with E-state index in [1.807, 2.05) is 47.4 Å². The third-order valence-corrected chi connectivity index (χ3v) is 23.6. The monoisotopic (exact) mass is 727 g/mol. The van der Waals surface area contributed by atoms with Crippen LogP contribution < -0.4 is 4.74 Å². The largest absolute Gasteiger partial charge is 0.503 e. The Hall–Kier alpha value is -2.22. The summed E-state index contributed by atoms with van der Waals surface area (Å²) in [7, 11) is -3.33. The second-order valence-corrected chi connectivity index (χ2v) is 27.0. The van der Waals surface area contributed by atoms with Crippen LogP contribution in [0.3, 0.4) is 0 Å². The molecule has 2 aliphatic rings. The van der Waals surface area contributed by atoms with Crippen LogP contribution in [0.25, 0.3) is 0 Å². The van der Waals surface area contributed by atoms with Gasteiger partial charge in [-0.25, -0.2) is 4.79 Å². The van der Waals surface area contributed by atoms with Gasteiger partial charge in [-0.05, 0) is 50.9 Å². The minimum absolute atomic E-state index is 0.252. The molecule has 5 atom stereocenters. The first-order valence-corrected chi connectivity index (χ1v) is 23.1. The molecule has 8 nitrogen and oxygen atoms in total. The van der Waals surface area contributed by atoms with E-state index in [0.717, 1.165) is 16.9 Å². The number of methoxy groups -OCH3 is 1. The number of amides is 1. The average molecular weight is 728 g/mol. The lowest BCUT2D eigenvalue weighted by molar-refractivity contribution is -0.289. The Morgan fingerprint density at radius 2 is 1.32 bits per heavy atom. The second-order valence-electron chi connectivity index (χ2n) is 16.2. The zero-order valence-electron chi connectivity index (χ0n) is 33.0. The second kappa shape index (κ2) is 17.1. The first kappa shape index (κ1) is 40.6. The normalized spacial score (nSPS) is 23.3. The Balaban J connectivity index is 1.82. The summed E-state index contributed by atoms with van der Waals surface area (Å²) in [5, 5.41) is 0. The summed E-state index contributed by atoms with van der Waals surface area (Å²) in [5.74, 6) is 0.761. The molecule has 1 amide bonds. The Morgan fingerprint density at radius 3 is 1.82 bits per heavy atom. The van der Waals surface area contributed by atoms with E-state index in [9.17, 15) is 4.79 Å². The molecular formula is C40H65NO7Si2. The van der Waals surface area contributed by atoms with Crippen LogP contribution in [0, 0.1) is 0 Å². The van der Waals surface area contributed by atoms with E-state index in [4.69, 9.17) is 27.8 Å². The van der Waals surface area contributed by atoms with Gasteiger partial charge in [-0.2, -0.15) is 0 Å². The molecule has 0 aromatic heterocycles. The summed E-state index contributed by atoms with van der Waals surface area (Å²) in [4.78, 5) is 16.6. The number of hydrogen-bond donors (Lipinski definition) is 0. The number of nitrogens with zero attached hydrogens (tertiary/aromatic N) is 1. The van der Waals surface area contributed by atoms with Crippen LogP contribution >= 0.6 is 0 Å². The maximum Gasteiger partial charge on any atom is 0.396 e. The summed E-state index contributed by atoms with van der Waals surface area (Å²) in [5.41, 5.74) is 3.75. The van der Waals surface area contributed by atoms with Gasteiger partial charge in [0.05, 0.1) is 39.0 Å². The third kappa shape index (κ3) is 8.21. The molecule has 0 spiro atoms. The lowest BCUT2D eigenvalue weighted by Crippen LogP contribution is -2.70. The Kier molecular flexibility index (Phi) is 13.8. The molecule has 2 aliphatic heterocycles. The molecule has 2 saturated heterocycles. The van der Waals surface area contributed by atoms with Gasteiger partial charge in [0, 0.05) is 5.56 Å². The van der Waals surface area contributed by atoms with Gasteiger partial charge in [0.2, 0.25) is 8.32 Å². The topological polar surface area (TPSA) is 75.7 Å². The average Bonchev–Trinajstić information content (AvgIpc) is 3.07. The van der Waals surface area contributed by atoms with Crippen molar-refractivity contribution in [3.8, 4) is 5.75 Å². The van der Waals surface area contributed by atoms with Gasteiger partial charge in [-0.15, -0.1) is 0 Å². The fourth-order valence-electron chi connectivity index (χ4n) is 9.21. The molecule has 0 saturated carbocycles. The van der Waals surface area contributed by atoms with Crippen LogP contribution in [-0.4, -0.2) is 72.2 Å². The lowest BCUT2D eigenvalue weighted by Gasteiger charge is -2.55. The van der Waals surface area contributed by atoms with Gasteiger partial charge < -0.3 is 27.8 Å². The SMILES string of the molecule is COc1ccc(C2OC[C@@H]3[C@@H](O2)[C@H](OCc2ccccc2)[C@@H](O[Si](C(C)C)(C(C)C)C(C)C)CN3C(=O)O[Si](C(C)C)(C(C)C)C(C)C)cc1. The van der Waals surface area contributed by atoms with Crippen LogP contribution in [0.4, 0.5) is 4.79 Å². The number of likely N-dealkylation sites (tertiary alicyclic amines) is 1. The number of hydrogen-bond acceptors (Lipinski definition) is 7. The molecule has 2 fully saturated rings. The highest BCUT2D eigenvalue weighted by Crippen LogP contribution is 2.47. The third-order valence-electron chi connectivity index (χ3n) is 11.5. The van der Waals surface area contributed by atoms with Gasteiger partial charge in [-0.3, -0.25) is 4.90 Å². The van der Waals surface area contributed by atoms with Gasteiger partial charge in [0.1, 0.15) is 18.0 Å². The van der Waals surface area contributed by atoms with Crippen molar-refractivity contribution in [2.75, 3.05) is 20.3 Å². The number of rotatable bonds is 14. The van der Waals surface area contributed by atoms with Crippen molar-refractivity contribution >= 4 is 22.7 Å². The van der Waals surface area contributed by atoms with Crippen molar-refractivity contribution in [1.29, 1.82) is 0 Å². The fraction of sp³-hybridized carbons (Fsp3) is 0.675. The van der Waals surface area contributed by atoms with Gasteiger partial charge in [0.15, 0.2) is 6.29 Å². The van der Waals surface area contributed by atoms with Crippen molar-refractivity contribution in [2.45, 2.75) is 154 Å². The maximum atomic E-state index is 14.7. The highest BCUT2D eigenvalue weighted by molar-refractivity contribution is 6.79. The summed E-state index contributed by atoms with van der Waals surface area (Å²) in [6, 6.07) is 17.6. The molecule has 0 bridgehead atoms. The van der Waals surface area contributed by atoms with Crippen molar-refractivity contribution in [3.63, 3.8) is 0 Å². The first-order chi connectivity index (χ1) is 23.6. The highest BCUT2D eigenvalue weighted by Gasteiger charge is 2.57. The van der Waals surface area contributed by atoms with E-state index < -0.39 is 47.3 Å². The minimum Gasteiger partial charge on any atom is -0.503 e. The van der Waals surface area contributed by atoms with E-state index in [1.54, 1.807) is 7.11 Å². The number of benzene rings is 2.